The van der Waals surface area contributed by atoms with E-state index in [9.17, 15) is 0 Å². The number of nitrogens with one attached hydrogen (secondary N) is 3. The number of aryl methyl sites for hydroxylation is 2. The summed E-state index contributed by atoms with van der Waals surface area (Å²) in [5, 5.41) is 6.72. The SMILES string of the molecule is Cc1cnc(Nc2ccc(-n3ccnc3C)cc2)nc1Nc1cccc(SNC(C)(C)C)c1. The molecule has 0 saturated carbocycles. The van der Waals surface area contributed by atoms with Crippen LogP contribution in [0.4, 0.5) is 23.1 Å². The molecule has 2 heterocycles. The summed E-state index contributed by atoms with van der Waals surface area (Å²) in [6.07, 6.45) is 5.57. The first-order valence-electron chi connectivity index (χ1n) is 10.8. The highest BCUT2D eigenvalue weighted by Crippen LogP contribution is 2.25. The van der Waals surface area contributed by atoms with Crippen LogP contribution in [0.2, 0.25) is 0 Å². The second-order valence-corrected chi connectivity index (χ2v) is 9.73. The van der Waals surface area contributed by atoms with Gasteiger partial charge in [-0.1, -0.05) is 6.07 Å². The van der Waals surface area contributed by atoms with Gasteiger partial charge in [0.05, 0.1) is 0 Å². The van der Waals surface area contributed by atoms with Crippen molar-refractivity contribution in [3.63, 3.8) is 0 Å². The fourth-order valence-corrected chi connectivity index (χ4v) is 3.86. The van der Waals surface area contributed by atoms with Crippen LogP contribution in [0, 0.1) is 13.8 Å². The summed E-state index contributed by atoms with van der Waals surface area (Å²) in [5.74, 6) is 2.25. The van der Waals surface area contributed by atoms with E-state index in [1.165, 1.54) is 0 Å². The van der Waals surface area contributed by atoms with Crippen molar-refractivity contribution in [3.8, 4) is 5.69 Å². The van der Waals surface area contributed by atoms with E-state index in [1.807, 2.05) is 67.2 Å². The molecular formula is C25H29N7S. The zero-order valence-electron chi connectivity index (χ0n) is 19.5. The average molecular weight is 460 g/mol. The van der Waals surface area contributed by atoms with Gasteiger partial charge >= 0.3 is 0 Å². The van der Waals surface area contributed by atoms with Gasteiger partial charge < -0.3 is 15.2 Å². The van der Waals surface area contributed by atoms with E-state index in [0.29, 0.717) is 5.95 Å². The van der Waals surface area contributed by atoms with Crippen LogP contribution in [-0.4, -0.2) is 25.1 Å². The fourth-order valence-electron chi connectivity index (χ4n) is 3.10. The topological polar surface area (TPSA) is 79.7 Å². The van der Waals surface area contributed by atoms with Gasteiger partial charge in [-0.2, -0.15) is 4.98 Å². The monoisotopic (exact) mass is 459 g/mol. The van der Waals surface area contributed by atoms with Crippen LogP contribution in [0.5, 0.6) is 0 Å². The molecule has 0 unspecified atom stereocenters. The number of nitrogens with zero attached hydrogens (tertiary/aromatic N) is 4. The molecule has 2 aromatic carbocycles. The van der Waals surface area contributed by atoms with E-state index < -0.39 is 0 Å². The lowest BCUT2D eigenvalue weighted by atomic mass is 10.1. The van der Waals surface area contributed by atoms with E-state index in [4.69, 9.17) is 4.98 Å². The Morgan fingerprint density at radius 2 is 1.70 bits per heavy atom. The Kier molecular flexibility index (Phi) is 6.67. The van der Waals surface area contributed by atoms with Crippen molar-refractivity contribution < 1.29 is 0 Å². The molecular weight excluding hydrogens is 430 g/mol. The van der Waals surface area contributed by atoms with Crippen molar-refractivity contribution >= 4 is 35.1 Å². The Hall–Kier alpha value is -3.36. The number of hydrogen-bond acceptors (Lipinski definition) is 7. The van der Waals surface area contributed by atoms with Crippen molar-refractivity contribution in [1.29, 1.82) is 0 Å². The van der Waals surface area contributed by atoms with Gasteiger partial charge in [-0.05, 0) is 89.0 Å². The Labute approximate surface area is 199 Å². The minimum atomic E-state index is 0.0354. The number of aromatic nitrogens is 4. The number of rotatable bonds is 7. The highest BCUT2D eigenvalue weighted by Gasteiger charge is 2.10. The van der Waals surface area contributed by atoms with Crippen molar-refractivity contribution in [2.75, 3.05) is 10.6 Å². The first kappa shape index (κ1) is 22.8. The maximum atomic E-state index is 4.69. The van der Waals surface area contributed by atoms with Crippen LogP contribution in [0.15, 0.2) is 72.0 Å². The minimum absolute atomic E-state index is 0.0354. The molecule has 33 heavy (non-hydrogen) atoms. The Bertz CT molecular complexity index is 1230. The highest BCUT2D eigenvalue weighted by molar-refractivity contribution is 7.97. The smallest absolute Gasteiger partial charge is 0.229 e. The molecule has 0 atom stereocenters. The summed E-state index contributed by atoms with van der Waals surface area (Å²) >= 11 is 1.62. The largest absolute Gasteiger partial charge is 0.340 e. The molecule has 8 heteroatoms. The first-order chi connectivity index (χ1) is 15.8. The van der Waals surface area contributed by atoms with Gasteiger partial charge in [-0.15, -0.1) is 0 Å². The third-order valence-electron chi connectivity index (χ3n) is 4.77. The van der Waals surface area contributed by atoms with Crippen LogP contribution < -0.4 is 15.4 Å². The van der Waals surface area contributed by atoms with E-state index >= 15 is 0 Å². The molecule has 0 saturated heterocycles. The summed E-state index contributed by atoms with van der Waals surface area (Å²) in [7, 11) is 0. The van der Waals surface area contributed by atoms with Crippen molar-refractivity contribution in [2.45, 2.75) is 45.1 Å². The lowest BCUT2D eigenvalue weighted by molar-refractivity contribution is 0.535. The van der Waals surface area contributed by atoms with Crippen molar-refractivity contribution in [3.05, 3.63) is 78.5 Å². The molecule has 0 fully saturated rings. The van der Waals surface area contributed by atoms with Crippen LogP contribution >= 0.6 is 11.9 Å². The molecule has 2 aromatic heterocycles. The lowest BCUT2D eigenvalue weighted by Gasteiger charge is -2.19. The number of hydrogen-bond donors (Lipinski definition) is 3. The van der Waals surface area contributed by atoms with E-state index in [0.717, 1.165) is 39.2 Å². The Balaban J connectivity index is 1.47. The normalized spacial score (nSPS) is 11.4. The summed E-state index contributed by atoms with van der Waals surface area (Å²) in [6.45, 7) is 10.4. The molecule has 3 N–H and O–H groups in total. The molecule has 170 valence electrons. The summed E-state index contributed by atoms with van der Waals surface area (Å²) in [6, 6.07) is 16.4. The number of imidazole rings is 1. The van der Waals surface area contributed by atoms with Gasteiger partial charge in [0, 0.05) is 51.7 Å². The van der Waals surface area contributed by atoms with Crippen molar-refractivity contribution in [2.24, 2.45) is 0 Å². The molecule has 0 radical (unpaired) electrons. The van der Waals surface area contributed by atoms with E-state index in [2.05, 4.69) is 58.2 Å². The molecule has 0 aliphatic heterocycles. The number of anilines is 4. The van der Waals surface area contributed by atoms with Crippen LogP contribution in [0.3, 0.4) is 0 Å². The quantitative estimate of drug-likeness (QED) is 0.286. The molecule has 0 aliphatic rings. The number of benzene rings is 2. The van der Waals surface area contributed by atoms with Gasteiger partial charge in [-0.3, -0.25) is 4.72 Å². The summed E-state index contributed by atoms with van der Waals surface area (Å²) in [4.78, 5) is 14.5. The fraction of sp³-hybridized carbons (Fsp3) is 0.240. The first-order valence-corrected chi connectivity index (χ1v) is 11.6. The predicted molar refractivity (Wildman–Crippen MR) is 137 cm³/mol. The molecule has 0 bridgehead atoms. The van der Waals surface area contributed by atoms with Crippen LogP contribution in [0.1, 0.15) is 32.2 Å². The molecule has 4 rings (SSSR count). The lowest BCUT2D eigenvalue weighted by Crippen LogP contribution is -2.29. The average Bonchev–Trinajstić information content (AvgIpc) is 3.21. The van der Waals surface area contributed by atoms with Crippen molar-refractivity contribution in [1.82, 2.24) is 24.2 Å². The van der Waals surface area contributed by atoms with E-state index in [-0.39, 0.29) is 5.54 Å². The third-order valence-corrected chi connectivity index (χ3v) is 5.97. The standard InChI is InChI=1S/C25H29N7S/c1-17-16-27-24(29-19-9-11-21(12-10-19)32-14-13-26-18(32)2)30-23(17)28-20-7-6-8-22(15-20)33-31-25(3,4)5/h6-16,31H,1-5H3,(H2,27,28,29,30). The van der Waals surface area contributed by atoms with E-state index in [1.54, 1.807) is 18.1 Å². The van der Waals surface area contributed by atoms with Gasteiger partial charge in [0.15, 0.2) is 0 Å². The third kappa shape index (κ3) is 6.12. The molecule has 0 aliphatic carbocycles. The zero-order chi connectivity index (χ0) is 23.4. The Morgan fingerprint density at radius 1 is 0.909 bits per heavy atom. The molecule has 4 aromatic rings. The maximum absolute atomic E-state index is 4.69. The summed E-state index contributed by atoms with van der Waals surface area (Å²) < 4.78 is 5.48. The molecule has 0 amide bonds. The van der Waals surface area contributed by atoms with Gasteiger partial charge in [0.2, 0.25) is 5.95 Å². The zero-order valence-corrected chi connectivity index (χ0v) is 20.4. The van der Waals surface area contributed by atoms with Gasteiger partial charge in [0.1, 0.15) is 11.6 Å². The van der Waals surface area contributed by atoms with Gasteiger partial charge in [-0.25, -0.2) is 9.97 Å². The Morgan fingerprint density at radius 3 is 2.39 bits per heavy atom. The minimum Gasteiger partial charge on any atom is -0.340 e. The second kappa shape index (κ2) is 9.64. The van der Waals surface area contributed by atoms with Crippen LogP contribution in [0.25, 0.3) is 5.69 Å². The van der Waals surface area contributed by atoms with Crippen LogP contribution in [-0.2, 0) is 0 Å². The maximum Gasteiger partial charge on any atom is 0.229 e. The second-order valence-electron chi connectivity index (χ2n) is 8.85. The van der Waals surface area contributed by atoms with Gasteiger partial charge in [0.25, 0.3) is 0 Å². The summed E-state index contributed by atoms with van der Waals surface area (Å²) in [5.41, 5.74) is 3.95. The molecule has 0 spiro atoms. The highest BCUT2D eigenvalue weighted by atomic mass is 32.2. The molecule has 7 nitrogen and oxygen atoms in total. The predicted octanol–water partition coefficient (Wildman–Crippen LogP) is 6.16.